The number of furan rings is 1. The second kappa shape index (κ2) is 5.85. The largest absolute Gasteiger partial charge is 0.464 e. The van der Waals surface area contributed by atoms with E-state index in [1.54, 1.807) is 11.8 Å². The van der Waals surface area contributed by atoms with Gasteiger partial charge in [-0.3, -0.25) is 0 Å². The summed E-state index contributed by atoms with van der Waals surface area (Å²) in [5.74, 6) is 3.05. The first kappa shape index (κ1) is 12.8. The number of rotatable bonds is 5. The topological polar surface area (TPSA) is 25.2 Å². The van der Waals surface area contributed by atoms with Gasteiger partial charge in [-0.25, -0.2) is 0 Å². The molecule has 0 fully saturated rings. The van der Waals surface area contributed by atoms with E-state index in [1.807, 2.05) is 0 Å². The Hall–Kier alpha value is -1.19. The van der Waals surface area contributed by atoms with Crippen molar-refractivity contribution in [3.05, 3.63) is 59.0 Å². The van der Waals surface area contributed by atoms with Crippen molar-refractivity contribution in [2.75, 3.05) is 6.26 Å². The molecular weight excluding hydrogens is 254 g/mol. The molecule has 0 spiro atoms. The van der Waals surface area contributed by atoms with Crippen molar-refractivity contribution >= 4 is 11.8 Å². The maximum Gasteiger partial charge on any atom is 0.118 e. The average Bonchev–Trinajstić information content (AvgIpc) is 3.04. The highest BCUT2D eigenvalue weighted by Crippen LogP contribution is 2.30. The van der Waals surface area contributed by atoms with Crippen LogP contribution in [0.25, 0.3) is 0 Å². The number of aryl methyl sites for hydroxylation is 1. The molecule has 1 aliphatic rings. The molecule has 0 bridgehead atoms. The summed E-state index contributed by atoms with van der Waals surface area (Å²) in [5, 5.41) is 3.61. The van der Waals surface area contributed by atoms with E-state index >= 15 is 0 Å². The average molecular weight is 273 g/mol. The van der Waals surface area contributed by atoms with Gasteiger partial charge < -0.3 is 9.73 Å². The zero-order chi connectivity index (χ0) is 13.1. The Bertz CT molecular complexity index is 549. The summed E-state index contributed by atoms with van der Waals surface area (Å²) >= 11 is 1.79. The van der Waals surface area contributed by atoms with Crippen molar-refractivity contribution in [3.63, 3.8) is 0 Å². The summed E-state index contributed by atoms with van der Waals surface area (Å²) in [4.78, 5) is 0. The van der Waals surface area contributed by atoms with Crippen LogP contribution in [0.15, 0.2) is 40.8 Å². The molecule has 1 aromatic heterocycles. The van der Waals surface area contributed by atoms with E-state index in [0.717, 1.165) is 23.8 Å². The fourth-order valence-corrected chi connectivity index (χ4v) is 3.17. The Morgan fingerprint density at radius 1 is 1.21 bits per heavy atom. The Balaban J connectivity index is 1.61. The van der Waals surface area contributed by atoms with Gasteiger partial charge >= 0.3 is 0 Å². The predicted molar refractivity (Wildman–Crippen MR) is 80.3 cm³/mol. The minimum Gasteiger partial charge on any atom is -0.464 e. The van der Waals surface area contributed by atoms with Gasteiger partial charge in [-0.15, -0.1) is 0 Å². The molecule has 0 amide bonds. The van der Waals surface area contributed by atoms with Crippen LogP contribution >= 0.6 is 11.8 Å². The van der Waals surface area contributed by atoms with Crippen molar-refractivity contribution in [2.45, 2.75) is 31.2 Å². The highest BCUT2D eigenvalue weighted by Gasteiger charge is 2.21. The molecule has 2 nitrogen and oxygen atoms in total. The number of benzene rings is 1. The lowest BCUT2D eigenvalue weighted by atomic mass is 10.1. The molecule has 19 heavy (non-hydrogen) atoms. The van der Waals surface area contributed by atoms with Crippen LogP contribution in [-0.4, -0.2) is 6.26 Å². The van der Waals surface area contributed by atoms with E-state index in [0.29, 0.717) is 6.04 Å². The Kier molecular flexibility index (Phi) is 3.95. The summed E-state index contributed by atoms with van der Waals surface area (Å²) < 4.78 is 5.79. The Labute approximate surface area is 118 Å². The molecule has 1 unspecified atom stereocenters. The standard InChI is InChI=1S/C16H19NOS/c1-19-11-14-8-7-13(18-14)10-17-16-9-6-12-4-2-3-5-15(12)16/h2-5,7-8,16-17H,6,9-11H2,1H3. The lowest BCUT2D eigenvalue weighted by Gasteiger charge is -2.12. The van der Waals surface area contributed by atoms with E-state index in [4.69, 9.17) is 4.42 Å². The molecule has 0 radical (unpaired) electrons. The lowest BCUT2D eigenvalue weighted by molar-refractivity contribution is 0.433. The highest BCUT2D eigenvalue weighted by atomic mass is 32.2. The first-order valence-electron chi connectivity index (χ1n) is 6.74. The third-order valence-electron chi connectivity index (χ3n) is 3.66. The summed E-state index contributed by atoms with van der Waals surface area (Å²) in [7, 11) is 0. The molecule has 1 N–H and O–H groups in total. The maximum absolute atomic E-state index is 5.79. The molecule has 0 saturated heterocycles. The van der Waals surface area contributed by atoms with Gasteiger partial charge in [-0.2, -0.15) is 11.8 Å². The maximum atomic E-state index is 5.79. The second-order valence-electron chi connectivity index (χ2n) is 4.97. The van der Waals surface area contributed by atoms with Gasteiger partial charge in [-0.05, 0) is 42.4 Å². The van der Waals surface area contributed by atoms with Crippen molar-refractivity contribution in [3.8, 4) is 0 Å². The van der Waals surface area contributed by atoms with Gasteiger partial charge in [0.05, 0.1) is 12.3 Å². The number of hydrogen-bond donors (Lipinski definition) is 1. The molecule has 0 saturated carbocycles. The normalized spacial score (nSPS) is 17.6. The van der Waals surface area contributed by atoms with Gasteiger partial charge in [-0.1, -0.05) is 24.3 Å². The third kappa shape index (κ3) is 2.88. The van der Waals surface area contributed by atoms with Crippen molar-refractivity contribution in [2.24, 2.45) is 0 Å². The van der Waals surface area contributed by atoms with Crippen LogP contribution < -0.4 is 5.32 Å². The fraction of sp³-hybridized carbons (Fsp3) is 0.375. The Morgan fingerprint density at radius 3 is 2.95 bits per heavy atom. The van der Waals surface area contributed by atoms with Crippen LogP contribution in [0.2, 0.25) is 0 Å². The molecule has 3 heteroatoms. The van der Waals surface area contributed by atoms with Gasteiger partial charge in [0.15, 0.2) is 0 Å². The molecule has 1 aliphatic carbocycles. The summed E-state index contributed by atoms with van der Waals surface area (Å²) in [6.45, 7) is 0.813. The zero-order valence-corrected chi connectivity index (χ0v) is 12.0. The first-order chi connectivity index (χ1) is 9.36. The second-order valence-corrected chi connectivity index (χ2v) is 5.84. The van der Waals surface area contributed by atoms with Crippen LogP contribution in [0.1, 0.15) is 35.1 Å². The van der Waals surface area contributed by atoms with Crippen LogP contribution in [0.3, 0.4) is 0 Å². The molecule has 2 aromatic rings. The zero-order valence-electron chi connectivity index (χ0n) is 11.2. The number of hydrogen-bond acceptors (Lipinski definition) is 3. The quantitative estimate of drug-likeness (QED) is 0.894. The smallest absolute Gasteiger partial charge is 0.118 e. The van der Waals surface area contributed by atoms with Gasteiger partial charge in [0, 0.05) is 6.04 Å². The van der Waals surface area contributed by atoms with E-state index in [-0.39, 0.29) is 0 Å². The van der Waals surface area contributed by atoms with Crippen LogP contribution in [0.5, 0.6) is 0 Å². The first-order valence-corrected chi connectivity index (χ1v) is 8.14. The van der Waals surface area contributed by atoms with E-state index < -0.39 is 0 Å². The van der Waals surface area contributed by atoms with Crippen molar-refractivity contribution in [1.29, 1.82) is 0 Å². The predicted octanol–water partition coefficient (Wildman–Crippen LogP) is 3.92. The Morgan fingerprint density at radius 2 is 2.05 bits per heavy atom. The highest BCUT2D eigenvalue weighted by molar-refractivity contribution is 7.97. The van der Waals surface area contributed by atoms with Gasteiger partial charge in [0.1, 0.15) is 11.5 Å². The van der Waals surface area contributed by atoms with E-state index in [1.165, 1.54) is 24.0 Å². The van der Waals surface area contributed by atoms with Crippen LogP contribution in [0, 0.1) is 0 Å². The number of nitrogens with one attached hydrogen (secondary N) is 1. The lowest BCUT2D eigenvalue weighted by Crippen LogP contribution is -2.18. The summed E-state index contributed by atoms with van der Waals surface area (Å²) in [5.41, 5.74) is 2.95. The minimum absolute atomic E-state index is 0.477. The monoisotopic (exact) mass is 273 g/mol. The molecule has 1 heterocycles. The van der Waals surface area contributed by atoms with Crippen LogP contribution in [-0.2, 0) is 18.7 Å². The summed E-state index contributed by atoms with van der Waals surface area (Å²) in [6.07, 6.45) is 4.47. The fourth-order valence-electron chi connectivity index (χ4n) is 2.73. The van der Waals surface area contributed by atoms with E-state index in [9.17, 15) is 0 Å². The van der Waals surface area contributed by atoms with Crippen LogP contribution in [0.4, 0.5) is 0 Å². The molecular formula is C16H19NOS. The molecule has 100 valence electrons. The van der Waals surface area contributed by atoms with Gasteiger partial charge in [0.2, 0.25) is 0 Å². The number of thioether (sulfide) groups is 1. The summed E-state index contributed by atoms with van der Waals surface area (Å²) in [6, 6.07) is 13.4. The third-order valence-corrected chi connectivity index (χ3v) is 4.23. The number of fused-ring (bicyclic) bond motifs is 1. The van der Waals surface area contributed by atoms with Crippen molar-refractivity contribution < 1.29 is 4.42 Å². The molecule has 1 atom stereocenters. The molecule has 1 aromatic carbocycles. The van der Waals surface area contributed by atoms with Crippen molar-refractivity contribution in [1.82, 2.24) is 5.32 Å². The van der Waals surface area contributed by atoms with E-state index in [2.05, 4.69) is 48.0 Å². The SMILES string of the molecule is CSCc1ccc(CNC2CCc3ccccc32)o1. The minimum atomic E-state index is 0.477. The molecule has 3 rings (SSSR count). The molecule has 0 aliphatic heterocycles. The van der Waals surface area contributed by atoms with Gasteiger partial charge in [0.25, 0.3) is 0 Å².